The average Bonchev–Trinajstić information content (AvgIpc) is 2.73. The van der Waals surface area contributed by atoms with Crippen molar-refractivity contribution in [2.45, 2.75) is 58.8 Å². The molecule has 0 saturated carbocycles. The van der Waals surface area contributed by atoms with Crippen LogP contribution < -0.4 is 4.68 Å². The number of rotatable bonds is 1. The standard InChI is InChI=1S/C18H26N3/c1-8-18(6)16-19-13(3)20(7)21(16)15-12(2)10-9-11-14(15)17(18,4)5/h9-11H,8H2,1-7H3/q+1. The minimum absolute atomic E-state index is 0.0276. The lowest BCUT2D eigenvalue weighted by Crippen LogP contribution is -2.52. The van der Waals surface area contributed by atoms with Gasteiger partial charge in [0.1, 0.15) is 7.05 Å². The van der Waals surface area contributed by atoms with Crippen molar-refractivity contribution < 1.29 is 4.68 Å². The predicted molar refractivity (Wildman–Crippen MR) is 84.9 cm³/mol. The molecule has 2 heterocycles. The van der Waals surface area contributed by atoms with Gasteiger partial charge in [-0.15, -0.1) is 4.68 Å². The van der Waals surface area contributed by atoms with Crippen molar-refractivity contribution in [2.24, 2.45) is 7.05 Å². The molecule has 0 spiro atoms. The molecule has 3 rings (SSSR count). The average molecular weight is 284 g/mol. The molecule has 1 aliphatic rings. The first-order chi connectivity index (χ1) is 9.75. The van der Waals surface area contributed by atoms with E-state index < -0.39 is 0 Å². The maximum Gasteiger partial charge on any atom is 0.316 e. The molecule has 3 nitrogen and oxygen atoms in total. The zero-order chi connectivity index (χ0) is 15.6. The molecule has 1 aliphatic heterocycles. The summed E-state index contributed by atoms with van der Waals surface area (Å²) in [5.41, 5.74) is 4.14. The Labute approximate surface area is 127 Å². The largest absolute Gasteiger partial charge is 0.316 e. The van der Waals surface area contributed by atoms with Crippen LogP contribution in [0.15, 0.2) is 18.2 Å². The molecule has 21 heavy (non-hydrogen) atoms. The van der Waals surface area contributed by atoms with Gasteiger partial charge < -0.3 is 0 Å². The molecule has 0 fully saturated rings. The van der Waals surface area contributed by atoms with Crippen LogP contribution in [0.2, 0.25) is 0 Å². The minimum Gasteiger partial charge on any atom is -0.152 e. The van der Waals surface area contributed by atoms with Crippen LogP contribution in [-0.4, -0.2) is 9.67 Å². The summed E-state index contributed by atoms with van der Waals surface area (Å²) in [4.78, 5) is 4.94. The Bertz CT molecular complexity index is 724. The van der Waals surface area contributed by atoms with E-state index in [9.17, 15) is 0 Å². The molecule has 0 radical (unpaired) electrons. The van der Waals surface area contributed by atoms with Crippen LogP contribution in [0, 0.1) is 13.8 Å². The lowest BCUT2D eigenvalue weighted by atomic mass is 9.59. The first-order valence-corrected chi connectivity index (χ1v) is 7.82. The molecule has 2 aromatic rings. The first-order valence-electron chi connectivity index (χ1n) is 7.82. The Morgan fingerprint density at radius 3 is 2.48 bits per heavy atom. The Kier molecular flexibility index (Phi) is 2.85. The van der Waals surface area contributed by atoms with Gasteiger partial charge in [-0.2, -0.15) is 4.68 Å². The summed E-state index contributed by atoms with van der Waals surface area (Å²) in [5, 5.41) is 0. The molecule has 1 aromatic heterocycles. The molecular weight excluding hydrogens is 258 g/mol. The number of aromatic nitrogens is 3. The maximum absolute atomic E-state index is 4.94. The second-order valence-electron chi connectivity index (χ2n) is 7.10. The lowest BCUT2D eigenvalue weighted by Gasteiger charge is -2.45. The van der Waals surface area contributed by atoms with Gasteiger partial charge in [-0.25, -0.2) is 0 Å². The fourth-order valence-electron chi connectivity index (χ4n) is 3.79. The van der Waals surface area contributed by atoms with Crippen LogP contribution in [0.25, 0.3) is 5.69 Å². The number of fused-ring (bicyclic) bond motifs is 3. The highest BCUT2D eigenvalue weighted by molar-refractivity contribution is 5.55. The molecule has 1 unspecified atom stereocenters. The highest BCUT2D eigenvalue weighted by atomic mass is 15.5. The Balaban J connectivity index is 2.51. The van der Waals surface area contributed by atoms with Gasteiger partial charge in [-0.1, -0.05) is 39.0 Å². The molecule has 1 atom stereocenters. The fraction of sp³-hybridized carbons (Fsp3) is 0.556. The summed E-state index contributed by atoms with van der Waals surface area (Å²) in [5.74, 6) is 2.26. The van der Waals surface area contributed by atoms with Gasteiger partial charge in [0.25, 0.3) is 5.82 Å². The van der Waals surface area contributed by atoms with Crippen LogP contribution in [0.1, 0.15) is 56.9 Å². The van der Waals surface area contributed by atoms with Gasteiger partial charge >= 0.3 is 5.82 Å². The summed E-state index contributed by atoms with van der Waals surface area (Å²) in [7, 11) is 2.11. The van der Waals surface area contributed by atoms with E-state index in [1.807, 2.05) is 0 Å². The molecule has 0 saturated heterocycles. The smallest absolute Gasteiger partial charge is 0.152 e. The van der Waals surface area contributed by atoms with Crippen LogP contribution in [-0.2, 0) is 17.9 Å². The summed E-state index contributed by atoms with van der Waals surface area (Å²) >= 11 is 0. The Morgan fingerprint density at radius 1 is 1.19 bits per heavy atom. The minimum atomic E-state index is 0.0276. The zero-order valence-corrected chi connectivity index (χ0v) is 14.3. The van der Waals surface area contributed by atoms with Gasteiger partial charge in [0.2, 0.25) is 0 Å². The van der Waals surface area contributed by atoms with E-state index in [1.165, 1.54) is 22.6 Å². The third-order valence-electron chi connectivity index (χ3n) is 5.94. The van der Waals surface area contributed by atoms with Crippen molar-refractivity contribution in [3.05, 3.63) is 41.0 Å². The summed E-state index contributed by atoms with van der Waals surface area (Å²) < 4.78 is 4.51. The second-order valence-corrected chi connectivity index (χ2v) is 7.10. The number of hydrogen-bond acceptors (Lipinski definition) is 1. The lowest BCUT2D eigenvalue weighted by molar-refractivity contribution is -0.751. The quantitative estimate of drug-likeness (QED) is 0.737. The summed E-state index contributed by atoms with van der Waals surface area (Å²) in [6.07, 6.45) is 1.07. The monoisotopic (exact) mass is 284 g/mol. The number of benzene rings is 1. The fourth-order valence-corrected chi connectivity index (χ4v) is 3.79. The van der Waals surface area contributed by atoms with Crippen LogP contribution in [0.5, 0.6) is 0 Å². The normalized spacial score (nSPS) is 22.8. The highest BCUT2D eigenvalue weighted by Gasteiger charge is 2.54. The van der Waals surface area contributed by atoms with Gasteiger partial charge in [0.05, 0.1) is 11.1 Å². The van der Waals surface area contributed by atoms with E-state index in [0.717, 1.165) is 12.2 Å². The Morgan fingerprint density at radius 2 is 1.86 bits per heavy atom. The highest BCUT2D eigenvalue weighted by Crippen LogP contribution is 2.51. The third-order valence-corrected chi connectivity index (χ3v) is 5.94. The molecule has 1 aromatic carbocycles. The van der Waals surface area contributed by atoms with Crippen molar-refractivity contribution in [1.82, 2.24) is 9.67 Å². The molecule has 0 N–H and O–H groups in total. The van der Waals surface area contributed by atoms with Crippen molar-refractivity contribution in [2.75, 3.05) is 0 Å². The van der Waals surface area contributed by atoms with Gasteiger partial charge in [0.15, 0.2) is 0 Å². The van der Waals surface area contributed by atoms with Crippen LogP contribution in [0.3, 0.4) is 0 Å². The van der Waals surface area contributed by atoms with E-state index in [4.69, 9.17) is 4.98 Å². The number of nitrogens with zero attached hydrogens (tertiary/aromatic N) is 3. The van der Waals surface area contributed by atoms with Crippen molar-refractivity contribution in [3.8, 4) is 5.69 Å². The van der Waals surface area contributed by atoms with E-state index in [-0.39, 0.29) is 10.8 Å². The van der Waals surface area contributed by atoms with Crippen molar-refractivity contribution in [1.29, 1.82) is 0 Å². The second kappa shape index (κ2) is 4.19. The first kappa shape index (κ1) is 14.3. The third kappa shape index (κ3) is 1.55. The van der Waals surface area contributed by atoms with E-state index in [1.54, 1.807) is 0 Å². The summed E-state index contributed by atoms with van der Waals surface area (Å²) in [6, 6.07) is 6.66. The SMILES string of the molecule is CCC1(C)c2nc(C)[n+](C)n2-c2c(C)cccc2C1(C)C. The van der Waals surface area contributed by atoms with Crippen molar-refractivity contribution in [3.63, 3.8) is 0 Å². The van der Waals surface area contributed by atoms with E-state index in [0.29, 0.717) is 0 Å². The molecule has 0 amide bonds. The number of aryl methyl sites for hydroxylation is 2. The van der Waals surface area contributed by atoms with Crippen molar-refractivity contribution >= 4 is 0 Å². The maximum atomic E-state index is 4.94. The van der Waals surface area contributed by atoms with Gasteiger partial charge in [0, 0.05) is 12.3 Å². The number of hydrogen-bond donors (Lipinski definition) is 0. The molecule has 3 heteroatoms. The zero-order valence-electron chi connectivity index (χ0n) is 14.3. The molecule has 112 valence electrons. The van der Waals surface area contributed by atoms with Gasteiger partial charge in [-0.3, -0.25) is 0 Å². The van der Waals surface area contributed by atoms with E-state index >= 15 is 0 Å². The molecule has 0 bridgehead atoms. The molecular formula is C18H26N3+. The Hall–Kier alpha value is -1.64. The predicted octanol–water partition coefficient (Wildman–Crippen LogP) is 3.27. The van der Waals surface area contributed by atoms with Crippen LogP contribution >= 0.6 is 0 Å². The van der Waals surface area contributed by atoms with Gasteiger partial charge in [-0.05, 0) is 36.4 Å². The molecule has 0 aliphatic carbocycles. The topological polar surface area (TPSA) is 21.7 Å². The van der Waals surface area contributed by atoms with Crippen LogP contribution in [0.4, 0.5) is 0 Å². The van der Waals surface area contributed by atoms with E-state index in [2.05, 4.69) is 76.2 Å². The summed E-state index contributed by atoms with van der Waals surface area (Å²) in [6.45, 7) is 13.6. The number of para-hydroxylation sites is 1.